The molecule has 118 valence electrons. The van der Waals surface area contributed by atoms with Gasteiger partial charge in [-0.05, 0) is 42.3 Å². The predicted molar refractivity (Wildman–Crippen MR) is 91.8 cm³/mol. The number of carbonyl (C=O) groups excluding carboxylic acids is 1. The van der Waals surface area contributed by atoms with Crippen LogP contribution in [0.4, 0.5) is 5.69 Å². The number of aryl methyl sites for hydroxylation is 1. The van der Waals surface area contributed by atoms with Crippen molar-refractivity contribution < 1.29 is 9.53 Å². The molecule has 1 aliphatic rings. The first-order chi connectivity index (χ1) is 11.2. The molecule has 4 heteroatoms. The zero-order valence-corrected chi connectivity index (χ0v) is 13.4. The van der Waals surface area contributed by atoms with Gasteiger partial charge in [0.2, 0.25) is 0 Å². The summed E-state index contributed by atoms with van der Waals surface area (Å²) in [5.41, 5.74) is 3.61. The standard InChI is InChI=1S/C19H20N2O2/c1-4-11-21-18(14-9-10-17(23-3)13(2)12-14)20-16-8-6-5-7-15(16)19(21)22/h4-10,12,18,20H,1,11H2,2-3H3. The Labute approximate surface area is 136 Å². The molecule has 23 heavy (non-hydrogen) atoms. The molecule has 0 fully saturated rings. The second kappa shape index (κ2) is 6.16. The maximum Gasteiger partial charge on any atom is 0.258 e. The molecule has 1 heterocycles. The topological polar surface area (TPSA) is 41.6 Å². The molecule has 2 aromatic rings. The Morgan fingerprint density at radius 1 is 1.30 bits per heavy atom. The van der Waals surface area contributed by atoms with Gasteiger partial charge in [0, 0.05) is 12.2 Å². The van der Waals surface area contributed by atoms with Gasteiger partial charge < -0.3 is 15.0 Å². The van der Waals surface area contributed by atoms with Crippen LogP contribution in [0, 0.1) is 6.92 Å². The summed E-state index contributed by atoms with van der Waals surface area (Å²) in [5, 5.41) is 3.46. The van der Waals surface area contributed by atoms with Gasteiger partial charge in [-0.3, -0.25) is 4.79 Å². The molecule has 0 aliphatic carbocycles. The first-order valence-corrected chi connectivity index (χ1v) is 7.57. The fraction of sp³-hybridized carbons (Fsp3) is 0.211. The van der Waals surface area contributed by atoms with Crippen LogP contribution in [0.5, 0.6) is 5.75 Å². The fourth-order valence-corrected chi connectivity index (χ4v) is 2.96. The molecular formula is C19H20N2O2. The summed E-state index contributed by atoms with van der Waals surface area (Å²) in [6, 6.07) is 13.6. The highest BCUT2D eigenvalue weighted by Crippen LogP contribution is 2.34. The number of methoxy groups -OCH3 is 1. The second-order valence-electron chi connectivity index (χ2n) is 5.57. The molecule has 1 aliphatic heterocycles. The number of hydrogen-bond donors (Lipinski definition) is 1. The number of ether oxygens (including phenoxy) is 1. The largest absolute Gasteiger partial charge is 0.496 e. The van der Waals surface area contributed by atoms with E-state index in [9.17, 15) is 4.79 Å². The first-order valence-electron chi connectivity index (χ1n) is 7.57. The summed E-state index contributed by atoms with van der Waals surface area (Å²) in [6.45, 7) is 6.26. The van der Waals surface area contributed by atoms with Crippen LogP contribution in [0.15, 0.2) is 55.1 Å². The van der Waals surface area contributed by atoms with E-state index < -0.39 is 0 Å². The van der Waals surface area contributed by atoms with E-state index in [-0.39, 0.29) is 12.1 Å². The third kappa shape index (κ3) is 2.68. The van der Waals surface area contributed by atoms with Crippen molar-refractivity contribution in [3.63, 3.8) is 0 Å². The average molecular weight is 308 g/mol. The van der Waals surface area contributed by atoms with Crippen LogP contribution in [-0.2, 0) is 0 Å². The number of nitrogens with zero attached hydrogens (tertiary/aromatic N) is 1. The number of nitrogens with one attached hydrogen (secondary N) is 1. The Kier molecular flexibility index (Phi) is 4.06. The summed E-state index contributed by atoms with van der Waals surface area (Å²) in [7, 11) is 1.66. The number of anilines is 1. The summed E-state index contributed by atoms with van der Waals surface area (Å²) < 4.78 is 5.32. The minimum Gasteiger partial charge on any atom is -0.496 e. The van der Waals surface area contributed by atoms with Gasteiger partial charge in [0.15, 0.2) is 0 Å². The lowest BCUT2D eigenvalue weighted by Gasteiger charge is -2.37. The van der Waals surface area contributed by atoms with Crippen molar-refractivity contribution in [2.24, 2.45) is 0 Å². The number of amides is 1. The molecule has 1 atom stereocenters. The minimum absolute atomic E-state index is 0.0118. The summed E-state index contributed by atoms with van der Waals surface area (Å²) in [5.74, 6) is 0.851. The van der Waals surface area contributed by atoms with E-state index in [1.54, 1.807) is 18.1 Å². The van der Waals surface area contributed by atoms with Gasteiger partial charge in [-0.25, -0.2) is 0 Å². The quantitative estimate of drug-likeness (QED) is 0.875. The van der Waals surface area contributed by atoms with E-state index in [0.29, 0.717) is 12.1 Å². The molecule has 0 bridgehead atoms. The zero-order valence-electron chi connectivity index (χ0n) is 13.4. The number of rotatable bonds is 4. The molecule has 0 saturated carbocycles. The smallest absolute Gasteiger partial charge is 0.258 e. The molecule has 1 amide bonds. The van der Waals surface area contributed by atoms with Gasteiger partial charge in [0.1, 0.15) is 11.9 Å². The van der Waals surface area contributed by atoms with Crippen molar-refractivity contribution in [2.75, 3.05) is 19.0 Å². The third-order valence-corrected chi connectivity index (χ3v) is 4.08. The molecule has 3 rings (SSSR count). The molecular weight excluding hydrogens is 288 g/mol. The van der Waals surface area contributed by atoms with Crippen molar-refractivity contribution >= 4 is 11.6 Å². The molecule has 0 aromatic heterocycles. The van der Waals surface area contributed by atoms with Gasteiger partial charge in [-0.15, -0.1) is 6.58 Å². The fourth-order valence-electron chi connectivity index (χ4n) is 2.96. The molecule has 4 nitrogen and oxygen atoms in total. The van der Waals surface area contributed by atoms with Crippen LogP contribution in [-0.4, -0.2) is 24.5 Å². The maximum absolute atomic E-state index is 12.8. The average Bonchev–Trinajstić information content (AvgIpc) is 2.57. The van der Waals surface area contributed by atoms with E-state index in [1.165, 1.54) is 0 Å². The van der Waals surface area contributed by atoms with Crippen LogP contribution in [0.2, 0.25) is 0 Å². The Balaban J connectivity index is 2.04. The molecule has 1 unspecified atom stereocenters. The van der Waals surface area contributed by atoms with Crippen molar-refractivity contribution in [2.45, 2.75) is 13.1 Å². The molecule has 1 N–H and O–H groups in total. The number of benzene rings is 2. The Bertz CT molecular complexity index is 755. The number of carbonyl (C=O) groups is 1. The highest BCUT2D eigenvalue weighted by atomic mass is 16.5. The second-order valence-corrected chi connectivity index (χ2v) is 5.57. The third-order valence-electron chi connectivity index (χ3n) is 4.08. The monoisotopic (exact) mass is 308 g/mol. The molecule has 0 spiro atoms. The summed E-state index contributed by atoms with van der Waals surface area (Å²) in [6.07, 6.45) is 1.52. The van der Waals surface area contributed by atoms with Gasteiger partial charge in [-0.1, -0.05) is 24.3 Å². The molecule has 2 aromatic carbocycles. The van der Waals surface area contributed by atoms with Gasteiger partial charge >= 0.3 is 0 Å². The minimum atomic E-state index is -0.222. The van der Waals surface area contributed by atoms with E-state index in [1.807, 2.05) is 49.4 Å². The summed E-state index contributed by atoms with van der Waals surface area (Å²) in [4.78, 5) is 14.6. The Hall–Kier alpha value is -2.75. The molecule has 0 radical (unpaired) electrons. The predicted octanol–water partition coefficient (Wildman–Crippen LogP) is 3.76. The van der Waals surface area contributed by atoms with Crippen molar-refractivity contribution in [3.05, 3.63) is 71.8 Å². The Morgan fingerprint density at radius 3 is 2.78 bits per heavy atom. The van der Waals surface area contributed by atoms with Gasteiger partial charge in [-0.2, -0.15) is 0 Å². The van der Waals surface area contributed by atoms with E-state index >= 15 is 0 Å². The number of para-hydroxylation sites is 1. The summed E-state index contributed by atoms with van der Waals surface area (Å²) >= 11 is 0. The van der Waals surface area contributed by atoms with Crippen molar-refractivity contribution in [1.82, 2.24) is 4.90 Å². The van der Waals surface area contributed by atoms with Crippen molar-refractivity contribution in [3.8, 4) is 5.75 Å². The molecule has 0 saturated heterocycles. The number of hydrogen-bond acceptors (Lipinski definition) is 3. The van der Waals surface area contributed by atoms with E-state index in [0.717, 1.165) is 22.6 Å². The lowest BCUT2D eigenvalue weighted by Crippen LogP contribution is -2.43. The van der Waals surface area contributed by atoms with Crippen molar-refractivity contribution in [1.29, 1.82) is 0 Å². The van der Waals surface area contributed by atoms with Crippen LogP contribution >= 0.6 is 0 Å². The Morgan fingerprint density at radius 2 is 2.09 bits per heavy atom. The van der Waals surface area contributed by atoms with Crippen LogP contribution in [0.3, 0.4) is 0 Å². The van der Waals surface area contributed by atoms with E-state index in [2.05, 4.69) is 11.9 Å². The highest BCUT2D eigenvalue weighted by Gasteiger charge is 2.32. The maximum atomic E-state index is 12.8. The van der Waals surface area contributed by atoms with E-state index in [4.69, 9.17) is 4.74 Å². The van der Waals surface area contributed by atoms with Crippen LogP contribution in [0.1, 0.15) is 27.7 Å². The van der Waals surface area contributed by atoms with Crippen LogP contribution < -0.4 is 10.1 Å². The van der Waals surface area contributed by atoms with Gasteiger partial charge in [0.25, 0.3) is 5.91 Å². The first kappa shape index (κ1) is 15.2. The lowest BCUT2D eigenvalue weighted by atomic mass is 10.0. The van der Waals surface area contributed by atoms with Gasteiger partial charge in [0.05, 0.1) is 12.7 Å². The zero-order chi connectivity index (χ0) is 16.4. The highest BCUT2D eigenvalue weighted by molar-refractivity contribution is 6.01. The SMILES string of the molecule is C=CCN1C(=O)c2ccccc2NC1c1ccc(OC)c(C)c1. The normalized spacial score (nSPS) is 16.5. The number of fused-ring (bicyclic) bond motifs is 1. The lowest BCUT2D eigenvalue weighted by molar-refractivity contribution is 0.0707. The van der Waals surface area contributed by atoms with Crippen LogP contribution in [0.25, 0.3) is 0 Å².